The standard InChI is InChI=1S/C20H22N4OS/c21-11-15-3-5-16(6-4-15)12-23-8-1-2-18(23)13-24-20(25)10-17-14-26-9-7-19(17)22-24/h3-6,10,18H,1-2,7-9,12-14H2. The molecule has 1 fully saturated rings. The Labute approximate surface area is 157 Å². The highest BCUT2D eigenvalue weighted by atomic mass is 32.2. The molecule has 0 spiro atoms. The second kappa shape index (κ2) is 7.65. The molecule has 1 aromatic carbocycles. The van der Waals surface area contributed by atoms with E-state index in [1.807, 2.05) is 36.0 Å². The summed E-state index contributed by atoms with van der Waals surface area (Å²) in [5.41, 5.74) is 4.13. The SMILES string of the molecule is N#Cc1ccc(CN2CCCC2Cn2nc3c(cc2=O)CSCC3)cc1. The number of rotatable bonds is 4. The highest BCUT2D eigenvalue weighted by Gasteiger charge is 2.26. The van der Waals surface area contributed by atoms with Crippen molar-refractivity contribution in [1.29, 1.82) is 5.26 Å². The summed E-state index contributed by atoms with van der Waals surface area (Å²) in [7, 11) is 0. The largest absolute Gasteiger partial charge is 0.294 e. The van der Waals surface area contributed by atoms with E-state index in [0.717, 1.165) is 55.1 Å². The molecule has 134 valence electrons. The van der Waals surface area contributed by atoms with Crippen molar-refractivity contribution in [1.82, 2.24) is 14.7 Å². The summed E-state index contributed by atoms with van der Waals surface area (Å²) in [5, 5.41) is 13.6. The Morgan fingerprint density at radius 3 is 2.96 bits per heavy atom. The summed E-state index contributed by atoms with van der Waals surface area (Å²) in [6.07, 6.45) is 3.20. The summed E-state index contributed by atoms with van der Waals surface area (Å²) < 4.78 is 1.68. The van der Waals surface area contributed by atoms with Crippen LogP contribution in [0.3, 0.4) is 0 Å². The molecule has 6 heteroatoms. The van der Waals surface area contributed by atoms with E-state index >= 15 is 0 Å². The Bertz CT molecular complexity index is 884. The van der Waals surface area contributed by atoms with Crippen molar-refractivity contribution in [3.63, 3.8) is 0 Å². The van der Waals surface area contributed by atoms with Crippen molar-refractivity contribution < 1.29 is 0 Å². The van der Waals surface area contributed by atoms with Crippen molar-refractivity contribution in [2.75, 3.05) is 12.3 Å². The van der Waals surface area contributed by atoms with Gasteiger partial charge in [-0.25, -0.2) is 4.68 Å². The predicted molar refractivity (Wildman–Crippen MR) is 103 cm³/mol. The van der Waals surface area contributed by atoms with Crippen LogP contribution in [0, 0.1) is 11.3 Å². The fourth-order valence-corrected chi connectivity index (χ4v) is 4.76. The minimum absolute atomic E-state index is 0.0245. The minimum atomic E-state index is 0.0245. The van der Waals surface area contributed by atoms with Crippen LogP contribution >= 0.6 is 11.8 Å². The molecule has 0 amide bonds. The van der Waals surface area contributed by atoms with Crippen LogP contribution in [0.4, 0.5) is 0 Å². The summed E-state index contributed by atoms with van der Waals surface area (Å²) in [6, 6.07) is 12.1. The molecular weight excluding hydrogens is 344 g/mol. The zero-order valence-electron chi connectivity index (χ0n) is 14.7. The van der Waals surface area contributed by atoms with Gasteiger partial charge < -0.3 is 0 Å². The first-order chi connectivity index (χ1) is 12.7. The van der Waals surface area contributed by atoms with E-state index < -0.39 is 0 Å². The van der Waals surface area contributed by atoms with Crippen molar-refractivity contribution in [2.24, 2.45) is 0 Å². The van der Waals surface area contributed by atoms with E-state index in [0.29, 0.717) is 18.2 Å². The van der Waals surface area contributed by atoms with Crippen molar-refractivity contribution in [3.05, 3.63) is 63.1 Å². The third-order valence-corrected chi connectivity index (χ3v) is 6.26. The molecule has 0 N–H and O–H groups in total. The Balaban J connectivity index is 1.48. The van der Waals surface area contributed by atoms with E-state index in [4.69, 9.17) is 5.26 Å². The van der Waals surface area contributed by atoms with Gasteiger partial charge in [-0.05, 0) is 48.4 Å². The van der Waals surface area contributed by atoms with E-state index in [-0.39, 0.29) is 5.56 Å². The molecule has 2 aromatic rings. The highest BCUT2D eigenvalue weighted by molar-refractivity contribution is 7.98. The van der Waals surface area contributed by atoms with Gasteiger partial charge in [-0.2, -0.15) is 22.1 Å². The number of fused-ring (bicyclic) bond motifs is 1. The Kier molecular flexibility index (Phi) is 5.09. The van der Waals surface area contributed by atoms with Crippen LogP contribution in [0.5, 0.6) is 0 Å². The van der Waals surface area contributed by atoms with Crippen LogP contribution in [0.15, 0.2) is 35.1 Å². The van der Waals surface area contributed by atoms with Gasteiger partial charge in [0, 0.05) is 30.8 Å². The van der Waals surface area contributed by atoms with Gasteiger partial charge in [-0.1, -0.05) is 12.1 Å². The number of nitrogens with zero attached hydrogens (tertiary/aromatic N) is 4. The fraction of sp³-hybridized carbons (Fsp3) is 0.450. The molecule has 1 unspecified atom stereocenters. The molecule has 0 radical (unpaired) electrons. The lowest BCUT2D eigenvalue weighted by Crippen LogP contribution is -2.37. The fourth-order valence-electron chi connectivity index (χ4n) is 3.81. The molecule has 26 heavy (non-hydrogen) atoms. The molecule has 0 saturated carbocycles. The highest BCUT2D eigenvalue weighted by Crippen LogP contribution is 2.23. The first-order valence-electron chi connectivity index (χ1n) is 9.14. The summed E-state index contributed by atoms with van der Waals surface area (Å²) >= 11 is 1.87. The number of thioether (sulfide) groups is 1. The van der Waals surface area contributed by atoms with Crippen LogP contribution < -0.4 is 5.56 Å². The van der Waals surface area contributed by atoms with E-state index in [1.54, 1.807) is 10.7 Å². The topological polar surface area (TPSA) is 61.9 Å². The Morgan fingerprint density at radius 2 is 2.15 bits per heavy atom. The van der Waals surface area contributed by atoms with Crippen molar-refractivity contribution >= 4 is 11.8 Å². The summed E-state index contributed by atoms with van der Waals surface area (Å²) in [4.78, 5) is 14.9. The zero-order chi connectivity index (χ0) is 17.9. The third-order valence-electron chi connectivity index (χ3n) is 5.26. The molecule has 2 aliphatic rings. The number of aryl methyl sites for hydroxylation is 1. The van der Waals surface area contributed by atoms with Crippen LogP contribution in [0.1, 0.15) is 35.2 Å². The maximum atomic E-state index is 12.5. The number of aromatic nitrogens is 2. The maximum Gasteiger partial charge on any atom is 0.267 e. The molecule has 1 saturated heterocycles. The molecule has 1 atom stereocenters. The van der Waals surface area contributed by atoms with Gasteiger partial charge in [-0.15, -0.1) is 0 Å². The molecule has 5 nitrogen and oxygen atoms in total. The quantitative estimate of drug-likeness (QED) is 0.832. The van der Waals surface area contributed by atoms with Crippen LogP contribution in [-0.2, 0) is 25.3 Å². The lowest BCUT2D eigenvalue weighted by Gasteiger charge is -2.25. The van der Waals surface area contributed by atoms with Gasteiger partial charge in [0.15, 0.2) is 0 Å². The Hall–Kier alpha value is -2.10. The lowest BCUT2D eigenvalue weighted by atomic mass is 10.1. The monoisotopic (exact) mass is 366 g/mol. The van der Waals surface area contributed by atoms with Gasteiger partial charge in [0.1, 0.15) is 0 Å². The second-order valence-corrected chi connectivity index (χ2v) is 8.12. The van der Waals surface area contributed by atoms with E-state index in [9.17, 15) is 4.79 Å². The van der Waals surface area contributed by atoms with Gasteiger partial charge in [0.2, 0.25) is 0 Å². The zero-order valence-corrected chi connectivity index (χ0v) is 15.5. The smallest absolute Gasteiger partial charge is 0.267 e. The minimum Gasteiger partial charge on any atom is -0.294 e. The molecule has 4 rings (SSSR count). The first-order valence-corrected chi connectivity index (χ1v) is 10.3. The van der Waals surface area contributed by atoms with Crippen LogP contribution in [-0.4, -0.2) is 33.0 Å². The van der Waals surface area contributed by atoms with Gasteiger partial charge in [0.05, 0.1) is 23.9 Å². The van der Waals surface area contributed by atoms with Gasteiger partial charge >= 0.3 is 0 Å². The first kappa shape index (κ1) is 17.3. The molecule has 0 aliphatic carbocycles. The average molecular weight is 366 g/mol. The predicted octanol–water partition coefficient (Wildman–Crippen LogP) is 2.57. The molecule has 3 heterocycles. The van der Waals surface area contributed by atoms with E-state index in [1.165, 1.54) is 5.56 Å². The van der Waals surface area contributed by atoms with Crippen molar-refractivity contribution in [3.8, 4) is 6.07 Å². The lowest BCUT2D eigenvalue weighted by molar-refractivity contribution is 0.216. The maximum absolute atomic E-state index is 12.5. The van der Waals surface area contributed by atoms with Gasteiger partial charge in [-0.3, -0.25) is 9.69 Å². The second-order valence-electron chi connectivity index (χ2n) is 7.01. The molecular formula is C20H22N4OS. The molecule has 1 aromatic heterocycles. The van der Waals surface area contributed by atoms with Crippen LogP contribution in [0.25, 0.3) is 0 Å². The number of benzene rings is 1. The average Bonchev–Trinajstić information content (AvgIpc) is 3.09. The molecule has 2 aliphatic heterocycles. The number of hydrogen-bond acceptors (Lipinski definition) is 5. The van der Waals surface area contributed by atoms with Crippen LogP contribution in [0.2, 0.25) is 0 Å². The number of likely N-dealkylation sites (tertiary alicyclic amines) is 1. The Morgan fingerprint density at radius 1 is 1.31 bits per heavy atom. The number of nitriles is 1. The van der Waals surface area contributed by atoms with E-state index in [2.05, 4.69) is 16.1 Å². The summed E-state index contributed by atoms with van der Waals surface area (Å²) in [6.45, 7) is 2.56. The number of hydrogen-bond donors (Lipinski definition) is 0. The van der Waals surface area contributed by atoms with Crippen molar-refractivity contribution in [2.45, 2.75) is 44.1 Å². The summed E-state index contributed by atoms with van der Waals surface area (Å²) in [5.74, 6) is 2.00. The normalized spacial score (nSPS) is 19.9. The molecule has 0 bridgehead atoms. The third kappa shape index (κ3) is 3.69. The van der Waals surface area contributed by atoms with Gasteiger partial charge in [0.25, 0.3) is 5.56 Å².